The largest absolute Gasteiger partial charge is 0.494 e. The summed E-state index contributed by atoms with van der Waals surface area (Å²) in [6, 6.07) is 14.6. The van der Waals surface area contributed by atoms with Crippen molar-refractivity contribution in [1.29, 1.82) is 0 Å². The molecule has 33 heavy (non-hydrogen) atoms. The Morgan fingerprint density at radius 3 is 1.88 bits per heavy atom. The number of rotatable bonds is 4. The van der Waals surface area contributed by atoms with Crippen molar-refractivity contribution >= 4 is 12.6 Å². The van der Waals surface area contributed by atoms with Gasteiger partial charge in [-0.05, 0) is 99.5 Å². The fourth-order valence-electron chi connectivity index (χ4n) is 7.72. The Morgan fingerprint density at radius 2 is 1.30 bits per heavy atom. The number of hydrogen-bond donors (Lipinski definition) is 0. The summed E-state index contributed by atoms with van der Waals surface area (Å²) in [6.45, 7) is 10.9. The van der Waals surface area contributed by atoms with E-state index in [1.165, 1.54) is 79.9 Å². The second-order valence-electron chi connectivity index (χ2n) is 12.2. The molecule has 2 aromatic rings. The fourth-order valence-corrected chi connectivity index (χ4v) is 7.72. The number of hydrogen-bond acceptors (Lipinski definition) is 2. The van der Waals surface area contributed by atoms with E-state index >= 15 is 0 Å². The van der Waals surface area contributed by atoms with E-state index in [9.17, 15) is 0 Å². The Labute approximate surface area is 200 Å². The van der Waals surface area contributed by atoms with Crippen LogP contribution in [0.4, 0.5) is 0 Å². The maximum atomic E-state index is 6.46. The van der Waals surface area contributed by atoms with Crippen LogP contribution in [0.3, 0.4) is 0 Å². The van der Waals surface area contributed by atoms with Crippen LogP contribution < -0.4 is 5.46 Å². The average molecular weight is 442 g/mol. The summed E-state index contributed by atoms with van der Waals surface area (Å²) >= 11 is 0. The molecule has 0 atom stereocenters. The quantitative estimate of drug-likeness (QED) is 0.482. The molecule has 0 unspecified atom stereocenters. The minimum Gasteiger partial charge on any atom is -0.399 e. The van der Waals surface area contributed by atoms with Gasteiger partial charge in [-0.2, -0.15) is 0 Å². The van der Waals surface area contributed by atoms with Crippen LogP contribution in [0.1, 0.15) is 103 Å². The smallest absolute Gasteiger partial charge is 0.399 e. The van der Waals surface area contributed by atoms with Gasteiger partial charge >= 0.3 is 7.12 Å². The van der Waals surface area contributed by atoms with E-state index < -0.39 is 0 Å². The van der Waals surface area contributed by atoms with Crippen LogP contribution in [-0.4, -0.2) is 18.3 Å². The zero-order valence-electron chi connectivity index (χ0n) is 21.2. The Kier molecular flexibility index (Phi) is 4.79. The molecule has 3 fully saturated rings. The van der Waals surface area contributed by atoms with Gasteiger partial charge in [-0.3, -0.25) is 0 Å². The second-order valence-corrected chi connectivity index (χ2v) is 12.2. The summed E-state index contributed by atoms with van der Waals surface area (Å²) < 4.78 is 12.9. The van der Waals surface area contributed by atoms with Crippen molar-refractivity contribution in [3.63, 3.8) is 0 Å². The molecule has 1 aliphatic heterocycles. The molecule has 0 spiro atoms. The van der Waals surface area contributed by atoms with Crippen LogP contribution in [0, 0.1) is 0 Å². The fraction of sp³-hybridized carbons (Fsp3) is 0.600. The van der Waals surface area contributed by atoms with Crippen LogP contribution in [0.25, 0.3) is 11.1 Å². The topological polar surface area (TPSA) is 18.5 Å². The molecule has 4 aliphatic rings. The van der Waals surface area contributed by atoms with Gasteiger partial charge in [0.2, 0.25) is 0 Å². The highest BCUT2D eigenvalue weighted by Crippen LogP contribution is 2.69. The van der Waals surface area contributed by atoms with Gasteiger partial charge in [0.1, 0.15) is 0 Å². The van der Waals surface area contributed by atoms with Gasteiger partial charge in [0.05, 0.1) is 11.2 Å². The molecule has 6 rings (SSSR count). The summed E-state index contributed by atoms with van der Waals surface area (Å²) in [5.41, 5.74) is 8.94. The minimum absolute atomic E-state index is 0.285. The molecule has 3 heteroatoms. The minimum atomic E-state index is -0.308. The van der Waals surface area contributed by atoms with Crippen LogP contribution >= 0.6 is 0 Å². The van der Waals surface area contributed by atoms with Crippen molar-refractivity contribution in [2.45, 2.75) is 114 Å². The van der Waals surface area contributed by atoms with E-state index in [1.54, 1.807) is 11.1 Å². The lowest BCUT2D eigenvalue weighted by Gasteiger charge is -2.48. The second kappa shape index (κ2) is 7.21. The first kappa shape index (κ1) is 21.9. The van der Waals surface area contributed by atoms with Crippen LogP contribution in [0.15, 0.2) is 36.4 Å². The predicted octanol–water partition coefficient (Wildman–Crippen LogP) is 6.85. The molecule has 0 aromatic heterocycles. The van der Waals surface area contributed by atoms with Crippen molar-refractivity contribution in [1.82, 2.24) is 0 Å². The zero-order chi connectivity index (χ0) is 23.1. The van der Waals surface area contributed by atoms with Crippen molar-refractivity contribution in [3.8, 4) is 11.1 Å². The third-order valence-electron chi connectivity index (χ3n) is 10.1. The average Bonchev–Trinajstić information content (AvgIpc) is 3.40. The molecule has 0 bridgehead atoms. The summed E-state index contributed by atoms with van der Waals surface area (Å²) in [5.74, 6) is 0. The zero-order valence-corrected chi connectivity index (χ0v) is 21.2. The molecular formula is C30H39BO2. The van der Waals surface area contributed by atoms with Gasteiger partial charge in [-0.1, -0.05) is 62.6 Å². The van der Waals surface area contributed by atoms with Crippen molar-refractivity contribution in [3.05, 3.63) is 53.1 Å². The van der Waals surface area contributed by atoms with Gasteiger partial charge in [0, 0.05) is 10.8 Å². The van der Waals surface area contributed by atoms with E-state index in [2.05, 4.69) is 71.0 Å². The van der Waals surface area contributed by atoms with Crippen molar-refractivity contribution in [2.75, 3.05) is 0 Å². The van der Waals surface area contributed by atoms with Crippen LogP contribution in [0.5, 0.6) is 0 Å². The molecule has 0 amide bonds. The number of benzene rings is 2. The Hall–Kier alpha value is -1.58. The van der Waals surface area contributed by atoms with Crippen LogP contribution in [0.2, 0.25) is 0 Å². The molecule has 2 aromatic carbocycles. The lowest BCUT2D eigenvalue weighted by Crippen LogP contribution is -2.45. The third-order valence-corrected chi connectivity index (χ3v) is 10.1. The highest BCUT2D eigenvalue weighted by molar-refractivity contribution is 6.62. The first-order valence-corrected chi connectivity index (χ1v) is 13.4. The summed E-state index contributed by atoms with van der Waals surface area (Å²) in [7, 11) is -0.285. The summed E-state index contributed by atoms with van der Waals surface area (Å²) in [5, 5.41) is 0. The first-order valence-electron chi connectivity index (χ1n) is 13.4. The molecule has 174 valence electrons. The Bertz CT molecular complexity index is 1070. The monoisotopic (exact) mass is 442 g/mol. The standard InChI is InChI=1S/C30H39BO2/c1-6-7-10-21-11-13-23-24-14-12-22(31-32-27(2,3)28(4,5)33-31)20-26(24)30-17-8-15-29(30,16-9-18-30)25(23)19-21/h11-14,19-20H,6-10,15-18H2,1-5H3. The highest BCUT2D eigenvalue weighted by Gasteiger charge is 2.62. The molecule has 1 heterocycles. The van der Waals surface area contributed by atoms with E-state index in [0.29, 0.717) is 10.8 Å². The third kappa shape index (κ3) is 2.88. The van der Waals surface area contributed by atoms with Gasteiger partial charge in [0.25, 0.3) is 0 Å². The van der Waals surface area contributed by atoms with E-state index in [0.717, 1.165) is 0 Å². The molecule has 2 saturated carbocycles. The molecular weight excluding hydrogens is 403 g/mol. The van der Waals surface area contributed by atoms with Crippen molar-refractivity contribution in [2.24, 2.45) is 0 Å². The Balaban J connectivity index is 1.50. The molecule has 2 nitrogen and oxygen atoms in total. The lowest BCUT2D eigenvalue weighted by molar-refractivity contribution is 0.00578. The normalized spacial score (nSPS) is 30.6. The number of fused-ring (bicyclic) bond motifs is 3. The van der Waals surface area contributed by atoms with Crippen molar-refractivity contribution < 1.29 is 9.31 Å². The summed E-state index contributed by atoms with van der Waals surface area (Å²) in [6.07, 6.45) is 11.8. The maximum absolute atomic E-state index is 6.46. The first-order chi connectivity index (χ1) is 15.7. The molecule has 0 radical (unpaired) electrons. The molecule has 1 saturated heterocycles. The van der Waals surface area contributed by atoms with E-state index in [4.69, 9.17) is 9.31 Å². The number of unbranched alkanes of at least 4 members (excludes halogenated alkanes) is 1. The summed E-state index contributed by atoms with van der Waals surface area (Å²) in [4.78, 5) is 0. The van der Waals surface area contributed by atoms with E-state index in [-0.39, 0.29) is 18.3 Å². The number of aryl methyl sites for hydroxylation is 1. The van der Waals surface area contributed by atoms with Gasteiger partial charge in [0.15, 0.2) is 0 Å². The lowest BCUT2D eigenvalue weighted by atomic mass is 9.54. The molecule has 3 aliphatic carbocycles. The highest BCUT2D eigenvalue weighted by atomic mass is 16.7. The predicted molar refractivity (Wildman–Crippen MR) is 137 cm³/mol. The van der Waals surface area contributed by atoms with E-state index in [1.807, 2.05) is 0 Å². The van der Waals surface area contributed by atoms with Crippen LogP contribution in [-0.2, 0) is 26.6 Å². The molecule has 0 N–H and O–H groups in total. The maximum Gasteiger partial charge on any atom is 0.494 e. The SMILES string of the molecule is CCCCc1ccc2c(c1)C13CCCC1(CCC3)c1cc(B3OC(C)(C)C(C)(C)O3)ccc1-2. The van der Waals surface area contributed by atoms with Gasteiger partial charge in [-0.25, -0.2) is 0 Å². The van der Waals surface area contributed by atoms with Gasteiger partial charge < -0.3 is 9.31 Å². The van der Waals surface area contributed by atoms with Gasteiger partial charge in [-0.15, -0.1) is 0 Å². The Morgan fingerprint density at radius 1 is 0.758 bits per heavy atom.